The maximum absolute atomic E-state index is 12.9. The summed E-state index contributed by atoms with van der Waals surface area (Å²) in [6, 6.07) is 9.86. The molecular weight excluding hydrogens is 342 g/mol. The van der Waals surface area contributed by atoms with E-state index in [1.807, 2.05) is 32.0 Å². The van der Waals surface area contributed by atoms with Crippen LogP contribution in [0.4, 0.5) is 4.79 Å². The number of amides is 1. The second-order valence-electron chi connectivity index (χ2n) is 7.35. The van der Waals surface area contributed by atoms with Crippen molar-refractivity contribution >= 4 is 6.03 Å². The van der Waals surface area contributed by atoms with Crippen LogP contribution in [0.1, 0.15) is 64.0 Å². The highest BCUT2D eigenvalue weighted by Gasteiger charge is 2.28. The molecule has 1 fully saturated rings. The molecule has 27 heavy (non-hydrogen) atoms. The maximum atomic E-state index is 12.9. The van der Waals surface area contributed by atoms with E-state index in [-0.39, 0.29) is 18.1 Å². The Morgan fingerprint density at radius 3 is 2.56 bits per heavy atom. The minimum Gasteiger partial charge on any atom is -0.320 e. The van der Waals surface area contributed by atoms with Gasteiger partial charge in [-0.05, 0) is 55.5 Å². The largest absolute Gasteiger partial charge is 0.372 e. The lowest BCUT2D eigenvalue weighted by molar-refractivity contribution is 0.157. The first-order valence-corrected chi connectivity index (χ1v) is 10.0. The fourth-order valence-corrected chi connectivity index (χ4v) is 3.86. The lowest BCUT2D eigenvalue weighted by atomic mass is 9.94. The van der Waals surface area contributed by atoms with Gasteiger partial charge in [-0.15, -0.1) is 4.68 Å². The van der Waals surface area contributed by atoms with Crippen LogP contribution in [0.25, 0.3) is 0 Å². The van der Waals surface area contributed by atoms with Crippen molar-refractivity contribution in [3.8, 4) is 0 Å². The van der Waals surface area contributed by atoms with E-state index in [4.69, 9.17) is 0 Å². The Kier molecular flexibility index (Phi) is 6.42. The minimum absolute atomic E-state index is 0.121. The van der Waals surface area contributed by atoms with E-state index in [1.165, 1.54) is 16.7 Å². The van der Waals surface area contributed by atoms with Crippen molar-refractivity contribution in [2.24, 2.45) is 0 Å². The number of carbonyl (C=O) groups excluding carboxylic acids is 1. The van der Waals surface area contributed by atoms with Crippen molar-refractivity contribution < 1.29 is 4.79 Å². The molecule has 0 spiro atoms. The zero-order valence-electron chi connectivity index (χ0n) is 16.3. The van der Waals surface area contributed by atoms with E-state index in [1.54, 1.807) is 4.90 Å². The Morgan fingerprint density at radius 2 is 1.89 bits per heavy atom. The first kappa shape index (κ1) is 19.3. The first-order valence-electron chi connectivity index (χ1n) is 10.0. The Bertz CT molecular complexity index is 792. The molecule has 2 aromatic rings. The van der Waals surface area contributed by atoms with Gasteiger partial charge in [0.25, 0.3) is 0 Å². The van der Waals surface area contributed by atoms with Crippen LogP contribution in [0.2, 0.25) is 0 Å². The number of hydrogen-bond acceptors (Lipinski definition) is 4. The van der Waals surface area contributed by atoms with Crippen LogP contribution in [-0.4, -0.2) is 43.3 Å². The summed E-state index contributed by atoms with van der Waals surface area (Å²) in [4.78, 5) is 27.4. The van der Waals surface area contributed by atoms with Gasteiger partial charge in [0.1, 0.15) is 0 Å². The fraction of sp³-hybridized carbons (Fsp3) is 0.600. The van der Waals surface area contributed by atoms with Crippen LogP contribution in [0, 0.1) is 0 Å². The van der Waals surface area contributed by atoms with Gasteiger partial charge in [-0.25, -0.2) is 9.59 Å². The van der Waals surface area contributed by atoms with Crippen molar-refractivity contribution in [1.29, 1.82) is 0 Å². The number of hydrogen-bond donors (Lipinski definition) is 0. The molecule has 1 unspecified atom stereocenters. The van der Waals surface area contributed by atoms with Gasteiger partial charge in [0.05, 0.1) is 6.04 Å². The highest BCUT2D eigenvalue weighted by Crippen LogP contribution is 2.22. The molecule has 1 aliphatic rings. The molecule has 7 heteroatoms. The Balaban J connectivity index is 1.69. The smallest absolute Gasteiger partial charge is 0.320 e. The maximum Gasteiger partial charge on any atom is 0.372 e. The molecule has 1 aromatic carbocycles. The SMILES string of the molecule is CCN(C(=O)n1nnn(C(C)CCc2ccccc2)c1=O)C1CCCCC1. The quantitative estimate of drug-likeness (QED) is 0.731. The molecule has 1 saturated carbocycles. The predicted octanol–water partition coefficient (Wildman–Crippen LogP) is 3.26. The molecule has 0 aliphatic heterocycles. The highest BCUT2D eigenvalue weighted by atomic mass is 16.2. The third-order valence-electron chi connectivity index (χ3n) is 5.50. The number of aryl methyl sites for hydroxylation is 1. The summed E-state index contributed by atoms with van der Waals surface area (Å²) in [5.41, 5.74) is 0.769. The summed E-state index contributed by atoms with van der Waals surface area (Å²) in [7, 11) is 0. The zero-order chi connectivity index (χ0) is 19.2. The van der Waals surface area contributed by atoms with E-state index in [0.29, 0.717) is 6.54 Å². The van der Waals surface area contributed by atoms with Gasteiger partial charge in [0.15, 0.2) is 0 Å². The van der Waals surface area contributed by atoms with Gasteiger partial charge < -0.3 is 4.90 Å². The molecule has 1 atom stereocenters. The van der Waals surface area contributed by atoms with E-state index >= 15 is 0 Å². The van der Waals surface area contributed by atoms with Crippen LogP contribution < -0.4 is 5.69 Å². The molecule has 1 amide bonds. The van der Waals surface area contributed by atoms with Gasteiger partial charge in [0, 0.05) is 12.6 Å². The van der Waals surface area contributed by atoms with E-state index in [9.17, 15) is 9.59 Å². The summed E-state index contributed by atoms with van der Waals surface area (Å²) in [5.74, 6) is 0. The first-order chi connectivity index (χ1) is 13.1. The normalized spacial score (nSPS) is 16.2. The predicted molar refractivity (Wildman–Crippen MR) is 104 cm³/mol. The van der Waals surface area contributed by atoms with Crippen molar-refractivity contribution in [2.45, 2.75) is 70.9 Å². The summed E-state index contributed by atoms with van der Waals surface area (Å²) in [6.45, 7) is 4.46. The standard InChI is InChI=1S/C20H29N5O2/c1-3-23(18-12-8-5-9-13-18)19(26)25-20(27)24(21-22-25)16(2)14-15-17-10-6-4-7-11-17/h4,6-7,10-11,16,18H,3,5,8-9,12-15H2,1-2H3. The molecule has 3 rings (SSSR count). The third kappa shape index (κ3) is 4.46. The third-order valence-corrected chi connectivity index (χ3v) is 5.50. The lowest BCUT2D eigenvalue weighted by Gasteiger charge is -2.32. The van der Waals surface area contributed by atoms with Gasteiger partial charge >= 0.3 is 11.7 Å². The van der Waals surface area contributed by atoms with Crippen molar-refractivity contribution in [1.82, 2.24) is 24.7 Å². The molecule has 0 bridgehead atoms. The molecule has 0 saturated heterocycles. The molecule has 146 valence electrons. The number of benzene rings is 1. The molecule has 1 heterocycles. The Labute approximate surface area is 160 Å². The van der Waals surface area contributed by atoms with Crippen molar-refractivity contribution in [3.63, 3.8) is 0 Å². The molecule has 0 radical (unpaired) electrons. The average Bonchev–Trinajstić information content (AvgIpc) is 3.09. The number of nitrogens with zero attached hydrogens (tertiary/aromatic N) is 5. The molecular formula is C20H29N5O2. The Hall–Kier alpha value is -2.44. The second kappa shape index (κ2) is 8.97. The summed E-state index contributed by atoms with van der Waals surface area (Å²) in [6.07, 6.45) is 7.08. The zero-order valence-corrected chi connectivity index (χ0v) is 16.3. The number of tetrazole rings is 1. The van der Waals surface area contributed by atoms with Crippen LogP contribution in [0.5, 0.6) is 0 Å². The van der Waals surface area contributed by atoms with Gasteiger partial charge in [-0.2, -0.15) is 4.68 Å². The summed E-state index contributed by atoms with van der Waals surface area (Å²) < 4.78 is 2.26. The molecule has 1 aromatic heterocycles. The molecule has 7 nitrogen and oxygen atoms in total. The van der Waals surface area contributed by atoms with Crippen molar-refractivity contribution in [3.05, 3.63) is 46.4 Å². The van der Waals surface area contributed by atoms with Crippen LogP contribution in [0.15, 0.2) is 35.1 Å². The average molecular weight is 371 g/mol. The number of carbonyl (C=O) groups is 1. The molecule has 0 N–H and O–H groups in total. The minimum atomic E-state index is -0.449. The lowest BCUT2D eigenvalue weighted by Crippen LogP contribution is -2.47. The van der Waals surface area contributed by atoms with Gasteiger partial charge in [-0.3, -0.25) is 0 Å². The fourth-order valence-electron chi connectivity index (χ4n) is 3.86. The van der Waals surface area contributed by atoms with E-state index in [2.05, 4.69) is 22.6 Å². The molecule has 1 aliphatic carbocycles. The van der Waals surface area contributed by atoms with E-state index in [0.717, 1.165) is 43.2 Å². The Morgan fingerprint density at radius 1 is 1.19 bits per heavy atom. The topological polar surface area (TPSA) is 73.0 Å². The van der Waals surface area contributed by atoms with Gasteiger partial charge in [-0.1, -0.05) is 49.6 Å². The highest BCUT2D eigenvalue weighted by molar-refractivity contribution is 5.75. The monoisotopic (exact) mass is 371 g/mol. The van der Waals surface area contributed by atoms with Crippen LogP contribution in [-0.2, 0) is 6.42 Å². The van der Waals surface area contributed by atoms with Crippen LogP contribution in [0.3, 0.4) is 0 Å². The second-order valence-corrected chi connectivity index (χ2v) is 7.35. The van der Waals surface area contributed by atoms with E-state index < -0.39 is 5.69 Å². The number of rotatable bonds is 6. The van der Waals surface area contributed by atoms with Crippen LogP contribution >= 0.6 is 0 Å². The summed E-state index contributed by atoms with van der Waals surface area (Å²) in [5, 5.41) is 7.86. The number of aromatic nitrogens is 4. The summed E-state index contributed by atoms with van der Waals surface area (Å²) >= 11 is 0. The van der Waals surface area contributed by atoms with Gasteiger partial charge in [0.2, 0.25) is 0 Å². The van der Waals surface area contributed by atoms with Crippen molar-refractivity contribution in [2.75, 3.05) is 6.54 Å².